The molecule has 0 bridgehead atoms. The van der Waals surface area contributed by atoms with Crippen molar-refractivity contribution in [3.8, 4) is 5.69 Å². The zero-order valence-electron chi connectivity index (χ0n) is 13.8. The number of nitrogens with one attached hydrogen (secondary N) is 1. The molecule has 8 heteroatoms. The summed E-state index contributed by atoms with van der Waals surface area (Å²) >= 11 is 6.26. The molecule has 2 aromatic rings. The monoisotopic (exact) mass is 362 g/mol. The van der Waals surface area contributed by atoms with Gasteiger partial charge in [0, 0.05) is 18.4 Å². The van der Waals surface area contributed by atoms with E-state index in [-0.39, 0.29) is 24.2 Å². The molecular weight excluding hydrogens is 344 g/mol. The Morgan fingerprint density at radius 3 is 2.76 bits per heavy atom. The van der Waals surface area contributed by atoms with Crippen LogP contribution in [0, 0.1) is 0 Å². The summed E-state index contributed by atoms with van der Waals surface area (Å²) in [6.07, 6.45) is 2.37. The fourth-order valence-electron chi connectivity index (χ4n) is 2.53. The van der Waals surface area contributed by atoms with Gasteiger partial charge < -0.3 is 10.4 Å². The Labute approximate surface area is 150 Å². The summed E-state index contributed by atoms with van der Waals surface area (Å²) in [4.78, 5) is 27.4. The smallest absolute Gasteiger partial charge is 0.303 e. The zero-order chi connectivity index (χ0) is 18.0. The van der Waals surface area contributed by atoms with E-state index < -0.39 is 11.9 Å². The Kier molecular flexibility index (Phi) is 5.03. The van der Waals surface area contributed by atoms with Gasteiger partial charge in [-0.25, -0.2) is 9.67 Å². The van der Waals surface area contributed by atoms with E-state index in [1.54, 1.807) is 17.7 Å². The fourth-order valence-corrected chi connectivity index (χ4v) is 2.74. The van der Waals surface area contributed by atoms with Crippen molar-refractivity contribution >= 4 is 23.5 Å². The first-order valence-electron chi connectivity index (χ1n) is 8.20. The average Bonchev–Trinajstić information content (AvgIpc) is 3.32. The number of halogens is 1. The molecule has 3 rings (SSSR count). The molecule has 0 aliphatic heterocycles. The van der Waals surface area contributed by atoms with E-state index >= 15 is 0 Å². The Hall–Kier alpha value is -2.41. The number of hydrogen-bond donors (Lipinski definition) is 2. The van der Waals surface area contributed by atoms with Crippen LogP contribution in [0.25, 0.3) is 5.69 Å². The first-order valence-corrected chi connectivity index (χ1v) is 8.58. The highest BCUT2D eigenvalue weighted by molar-refractivity contribution is 6.32. The maximum absolute atomic E-state index is 12.4. The van der Waals surface area contributed by atoms with Crippen LogP contribution in [0.1, 0.15) is 55.0 Å². The molecule has 1 heterocycles. The number of carboxylic acid groups (broad SMARTS) is 1. The average molecular weight is 363 g/mol. The van der Waals surface area contributed by atoms with Gasteiger partial charge in [-0.3, -0.25) is 9.59 Å². The third-order valence-corrected chi connectivity index (χ3v) is 4.35. The molecule has 0 radical (unpaired) electrons. The largest absolute Gasteiger partial charge is 0.481 e. The second-order valence-electron chi connectivity index (χ2n) is 6.24. The third-order valence-electron chi connectivity index (χ3n) is 4.03. The standard InChI is InChI=1S/C17H19ClN4O3/c1-10(6-9-14(23)24)19-17(25)15-20-16(11-7-8-11)22(21-15)13-5-3-2-4-12(13)18/h2-5,10-11H,6-9H2,1H3,(H,19,25)(H,23,24). The number of carbonyl (C=O) groups excluding carboxylic acids is 1. The van der Waals surface area contributed by atoms with Gasteiger partial charge in [0.15, 0.2) is 0 Å². The Morgan fingerprint density at radius 2 is 2.12 bits per heavy atom. The number of benzene rings is 1. The van der Waals surface area contributed by atoms with Crippen LogP contribution >= 0.6 is 11.6 Å². The van der Waals surface area contributed by atoms with Crippen LogP contribution in [0.3, 0.4) is 0 Å². The molecule has 1 atom stereocenters. The van der Waals surface area contributed by atoms with Gasteiger partial charge >= 0.3 is 5.97 Å². The number of carbonyl (C=O) groups is 2. The quantitative estimate of drug-likeness (QED) is 0.789. The number of hydrogen-bond acceptors (Lipinski definition) is 4. The van der Waals surface area contributed by atoms with Crippen molar-refractivity contribution in [3.05, 3.63) is 40.9 Å². The molecule has 25 heavy (non-hydrogen) atoms. The summed E-state index contributed by atoms with van der Waals surface area (Å²) in [5, 5.41) is 16.3. The Bertz CT molecular complexity index is 801. The molecule has 7 nitrogen and oxygen atoms in total. The summed E-state index contributed by atoms with van der Waals surface area (Å²) < 4.78 is 1.64. The number of rotatable bonds is 7. The molecule has 1 aromatic heterocycles. The van der Waals surface area contributed by atoms with E-state index in [1.807, 2.05) is 18.2 Å². The van der Waals surface area contributed by atoms with Crippen molar-refractivity contribution in [1.82, 2.24) is 20.1 Å². The molecule has 1 fully saturated rings. The van der Waals surface area contributed by atoms with Gasteiger partial charge in [0.2, 0.25) is 5.82 Å². The zero-order valence-corrected chi connectivity index (χ0v) is 14.5. The van der Waals surface area contributed by atoms with Crippen molar-refractivity contribution in [2.75, 3.05) is 0 Å². The number of aromatic nitrogens is 3. The van der Waals surface area contributed by atoms with Crippen LogP contribution in [0.4, 0.5) is 0 Å². The third kappa shape index (κ3) is 4.17. The lowest BCUT2D eigenvalue weighted by atomic mass is 10.2. The van der Waals surface area contributed by atoms with Gasteiger partial charge in [0.1, 0.15) is 5.82 Å². The van der Waals surface area contributed by atoms with Crippen LogP contribution in [-0.2, 0) is 4.79 Å². The van der Waals surface area contributed by atoms with Gasteiger partial charge in [-0.2, -0.15) is 0 Å². The maximum atomic E-state index is 12.4. The van der Waals surface area contributed by atoms with Crippen LogP contribution < -0.4 is 5.32 Å². The summed E-state index contributed by atoms with van der Waals surface area (Å²) in [7, 11) is 0. The first kappa shape index (κ1) is 17.4. The van der Waals surface area contributed by atoms with Crippen molar-refractivity contribution < 1.29 is 14.7 Å². The molecule has 132 valence electrons. The Morgan fingerprint density at radius 1 is 1.40 bits per heavy atom. The number of nitrogens with zero attached hydrogens (tertiary/aromatic N) is 3. The topological polar surface area (TPSA) is 97.1 Å². The predicted octanol–water partition coefficient (Wildman–Crippen LogP) is 2.78. The molecule has 2 N–H and O–H groups in total. The number of para-hydroxylation sites is 1. The van der Waals surface area contributed by atoms with Crippen LogP contribution in [-0.4, -0.2) is 37.8 Å². The van der Waals surface area contributed by atoms with E-state index in [2.05, 4.69) is 15.4 Å². The first-order chi connectivity index (χ1) is 12.0. The van der Waals surface area contributed by atoms with E-state index in [4.69, 9.17) is 16.7 Å². The minimum atomic E-state index is -0.891. The summed E-state index contributed by atoms with van der Waals surface area (Å²) in [5.41, 5.74) is 0.691. The van der Waals surface area contributed by atoms with Gasteiger partial charge in [-0.15, -0.1) is 5.10 Å². The lowest BCUT2D eigenvalue weighted by molar-refractivity contribution is -0.137. The highest BCUT2D eigenvalue weighted by atomic mass is 35.5. The SMILES string of the molecule is CC(CCC(=O)O)NC(=O)c1nc(C2CC2)n(-c2ccccc2Cl)n1. The Balaban J connectivity index is 1.81. The second kappa shape index (κ2) is 7.23. The summed E-state index contributed by atoms with van der Waals surface area (Å²) in [6.45, 7) is 1.76. The molecule has 1 amide bonds. The van der Waals surface area contributed by atoms with Crippen molar-refractivity contribution in [2.45, 2.75) is 44.6 Å². The highest BCUT2D eigenvalue weighted by Crippen LogP contribution is 2.40. The molecule has 1 aromatic carbocycles. The normalized spacial score (nSPS) is 15.0. The van der Waals surface area contributed by atoms with Gasteiger partial charge in [0.05, 0.1) is 10.7 Å². The summed E-state index contributed by atoms with van der Waals surface area (Å²) in [6, 6.07) is 7.01. The van der Waals surface area contributed by atoms with Crippen molar-refractivity contribution in [1.29, 1.82) is 0 Å². The lowest BCUT2D eigenvalue weighted by Gasteiger charge is -2.10. The van der Waals surface area contributed by atoms with Crippen LogP contribution in [0.2, 0.25) is 5.02 Å². The predicted molar refractivity (Wildman–Crippen MR) is 92.1 cm³/mol. The molecule has 0 spiro atoms. The number of aliphatic carboxylic acids is 1. The maximum Gasteiger partial charge on any atom is 0.303 e. The fraction of sp³-hybridized carbons (Fsp3) is 0.412. The molecule has 1 unspecified atom stereocenters. The molecule has 0 saturated heterocycles. The van der Waals surface area contributed by atoms with E-state index in [0.29, 0.717) is 17.1 Å². The van der Waals surface area contributed by atoms with Crippen LogP contribution in [0.15, 0.2) is 24.3 Å². The second-order valence-corrected chi connectivity index (χ2v) is 6.65. The minimum Gasteiger partial charge on any atom is -0.481 e. The lowest BCUT2D eigenvalue weighted by Crippen LogP contribution is -2.33. The van der Waals surface area contributed by atoms with E-state index in [9.17, 15) is 9.59 Å². The van der Waals surface area contributed by atoms with Gasteiger partial charge in [0.25, 0.3) is 5.91 Å². The van der Waals surface area contributed by atoms with Gasteiger partial charge in [-0.1, -0.05) is 23.7 Å². The molecular formula is C17H19ClN4O3. The number of amides is 1. The van der Waals surface area contributed by atoms with Crippen molar-refractivity contribution in [3.63, 3.8) is 0 Å². The highest BCUT2D eigenvalue weighted by Gasteiger charge is 2.32. The van der Waals surface area contributed by atoms with Gasteiger partial charge in [-0.05, 0) is 38.3 Å². The number of carboxylic acids is 1. The molecule has 1 aliphatic rings. The van der Waals surface area contributed by atoms with Crippen LogP contribution in [0.5, 0.6) is 0 Å². The minimum absolute atomic E-state index is 0.00371. The summed E-state index contributed by atoms with van der Waals surface area (Å²) in [5.74, 6) is -0.209. The van der Waals surface area contributed by atoms with E-state index in [1.165, 1.54) is 0 Å². The van der Waals surface area contributed by atoms with E-state index in [0.717, 1.165) is 18.7 Å². The van der Waals surface area contributed by atoms with Crippen molar-refractivity contribution in [2.24, 2.45) is 0 Å². The molecule has 1 saturated carbocycles. The molecule has 1 aliphatic carbocycles.